The zero-order valence-electron chi connectivity index (χ0n) is 13.7. The minimum absolute atomic E-state index is 0.304. The molecule has 6 atom stereocenters. The molecule has 0 aromatic heterocycles. The Kier molecular flexibility index (Phi) is 3.88. The Balaban J connectivity index is 1.54. The van der Waals surface area contributed by atoms with Crippen molar-refractivity contribution in [2.45, 2.75) is 63.6 Å². The van der Waals surface area contributed by atoms with E-state index >= 15 is 0 Å². The van der Waals surface area contributed by atoms with Gasteiger partial charge in [-0.05, 0) is 75.0 Å². The molecule has 124 valence electrons. The van der Waals surface area contributed by atoms with Gasteiger partial charge in [0.05, 0.1) is 0 Å². The van der Waals surface area contributed by atoms with Crippen LogP contribution in [-0.2, 0) is 14.3 Å². The maximum absolute atomic E-state index is 12.3. The second-order valence-corrected chi connectivity index (χ2v) is 8.37. The normalized spacial score (nSPS) is 48.5. The van der Waals surface area contributed by atoms with Crippen molar-refractivity contribution in [3.05, 3.63) is 21.1 Å². The van der Waals surface area contributed by atoms with Crippen molar-refractivity contribution in [2.75, 3.05) is 0 Å². The standard InChI is InChI=1S/C20H26O3/c1-19-10-8-15-14-9-11-20(22-2,23-3)12-13(14)4-5-16(15)17(19)6-7-18(19)21/h1-3,13-17H,4-12H2/t13-,14+,15-,16-,17+,19+/m1/s1. The highest BCUT2D eigenvalue weighted by atomic mass is 16.7. The van der Waals surface area contributed by atoms with E-state index in [1.807, 2.05) is 0 Å². The Morgan fingerprint density at radius 1 is 0.913 bits per heavy atom. The van der Waals surface area contributed by atoms with Gasteiger partial charge >= 0.3 is 0 Å². The van der Waals surface area contributed by atoms with Gasteiger partial charge in [-0.15, -0.1) is 0 Å². The Morgan fingerprint density at radius 2 is 1.65 bits per heavy atom. The first kappa shape index (κ1) is 16.1. The van der Waals surface area contributed by atoms with Crippen molar-refractivity contribution < 1.29 is 14.3 Å². The molecule has 0 unspecified atom stereocenters. The van der Waals surface area contributed by atoms with Gasteiger partial charge in [-0.3, -0.25) is 4.79 Å². The number of carbonyl (C=O) groups is 1. The molecular weight excluding hydrogens is 288 g/mol. The summed E-state index contributed by atoms with van der Waals surface area (Å²) in [5.74, 6) is 2.44. The summed E-state index contributed by atoms with van der Waals surface area (Å²) in [5.41, 5.74) is -0.521. The first-order valence-corrected chi connectivity index (χ1v) is 9.11. The molecule has 0 saturated heterocycles. The molecule has 23 heavy (non-hydrogen) atoms. The van der Waals surface area contributed by atoms with E-state index in [9.17, 15) is 4.79 Å². The van der Waals surface area contributed by atoms with E-state index in [4.69, 9.17) is 30.6 Å². The summed E-state index contributed by atoms with van der Waals surface area (Å²) < 4.78 is 10.2. The van der Waals surface area contributed by atoms with Crippen LogP contribution < -0.4 is 0 Å². The molecule has 0 N–H and O–H groups in total. The number of Topliss-reactive ketones (excluding diaryl/α,β-unsaturated/α-hetero) is 1. The van der Waals surface area contributed by atoms with E-state index in [1.54, 1.807) is 0 Å². The highest BCUT2D eigenvalue weighted by molar-refractivity contribution is 5.88. The minimum Gasteiger partial charge on any atom is -0.341 e. The van der Waals surface area contributed by atoms with E-state index in [-0.39, 0.29) is 0 Å². The summed E-state index contributed by atoms with van der Waals surface area (Å²) in [6.07, 6.45) is 8.51. The van der Waals surface area contributed by atoms with Crippen LogP contribution in [0.3, 0.4) is 0 Å². The molecule has 0 heterocycles. The van der Waals surface area contributed by atoms with Crippen LogP contribution in [0.15, 0.2) is 0 Å². The number of hydrogen-bond acceptors (Lipinski definition) is 3. The van der Waals surface area contributed by atoms with E-state index in [2.05, 4.69) is 0 Å². The molecule has 0 aromatic rings. The monoisotopic (exact) mass is 314 g/mol. The van der Waals surface area contributed by atoms with Gasteiger partial charge in [-0.25, -0.2) is 0 Å². The van der Waals surface area contributed by atoms with Crippen LogP contribution in [0, 0.1) is 56.1 Å². The summed E-state index contributed by atoms with van der Waals surface area (Å²) in [5, 5.41) is 0. The predicted octanol–water partition coefficient (Wildman–Crippen LogP) is 3.97. The van der Waals surface area contributed by atoms with E-state index in [0.717, 1.165) is 51.4 Å². The lowest BCUT2D eigenvalue weighted by atomic mass is 9.50. The fourth-order valence-electron chi connectivity index (χ4n) is 6.57. The Hall–Kier alpha value is -0.410. The van der Waals surface area contributed by atoms with Gasteiger partial charge in [0.2, 0.25) is 0 Å². The number of fused-ring (bicyclic) bond motifs is 5. The second-order valence-electron chi connectivity index (χ2n) is 8.37. The van der Waals surface area contributed by atoms with Crippen molar-refractivity contribution in [3.63, 3.8) is 0 Å². The van der Waals surface area contributed by atoms with Gasteiger partial charge in [-0.1, -0.05) is 0 Å². The van der Waals surface area contributed by atoms with Gasteiger partial charge in [0.1, 0.15) is 20.0 Å². The quantitative estimate of drug-likeness (QED) is 0.724. The summed E-state index contributed by atoms with van der Waals surface area (Å²) >= 11 is 0. The van der Waals surface area contributed by atoms with Gasteiger partial charge in [0.25, 0.3) is 0 Å². The van der Waals surface area contributed by atoms with Gasteiger partial charge < -0.3 is 9.47 Å². The number of hydrogen-bond donors (Lipinski definition) is 0. The number of rotatable bonds is 2. The lowest BCUT2D eigenvalue weighted by Crippen LogP contribution is -2.51. The maximum atomic E-state index is 12.3. The fraction of sp³-hybridized carbons (Fsp3) is 0.800. The number of ether oxygens (including phenoxy) is 2. The van der Waals surface area contributed by atoms with Gasteiger partial charge in [0, 0.05) is 24.7 Å². The van der Waals surface area contributed by atoms with Crippen LogP contribution in [0.2, 0.25) is 0 Å². The zero-order chi connectivity index (χ0) is 16.2. The fourth-order valence-corrected chi connectivity index (χ4v) is 6.57. The van der Waals surface area contributed by atoms with Crippen LogP contribution in [0.5, 0.6) is 0 Å². The van der Waals surface area contributed by atoms with Crippen molar-refractivity contribution in [2.24, 2.45) is 35.0 Å². The van der Waals surface area contributed by atoms with Crippen molar-refractivity contribution in [3.8, 4) is 0 Å². The lowest BCUT2D eigenvalue weighted by molar-refractivity contribution is -0.224. The number of ketones is 1. The van der Waals surface area contributed by atoms with Crippen LogP contribution in [0.1, 0.15) is 57.8 Å². The zero-order valence-corrected chi connectivity index (χ0v) is 13.7. The molecule has 4 aliphatic carbocycles. The number of carbonyl (C=O) groups excluding carboxylic acids is 1. The second kappa shape index (κ2) is 5.56. The third kappa shape index (κ3) is 2.26. The first-order chi connectivity index (χ1) is 11.0. The molecule has 0 bridgehead atoms. The van der Waals surface area contributed by atoms with Crippen LogP contribution in [-0.4, -0.2) is 11.6 Å². The Morgan fingerprint density at radius 3 is 2.39 bits per heavy atom. The molecule has 0 aromatic carbocycles. The third-order valence-corrected chi connectivity index (χ3v) is 7.71. The van der Waals surface area contributed by atoms with E-state index < -0.39 is 11.2 Å². The highest BCUT2D eigenvalue weighted by Gasteiger charge is 2.58. The summed E-state index contributed by atoms with van der Waals surface area (Å²) in [6.45, 7) is 6.55. The third-order valence-electron chi connectivity index (χ3n) is 7.71. The molecule has 6 radical (unpaired) electrons. The lowest BCUT2D eigenvalue weighted by Gasteiger charge is -2.55. The molecule has 4 fully saturated rings. The van der Waals surface area contributed by atoms with Crippen molar-refractivity contribution >= 4 is 5.78 Å². The van der Waals surface area contributed by atoms with E-state index in [1.165, 1.54) is 0 Å². The van der Waals surface area contributed by atoms with E-state index in [0.29, 0.717) is 41.8 Å². The molecule has 4 saturated carbocycles. The van der Waals surface area contributed by atoms with Crippen LogP contribution >= 0.6 is 0 Å². The van der Waals surface area contributed by atoms with Crippen molar-refractivity contribution in [1.82, 2.24) is 0 Å². The summed E-state index contributed by atoms with van der Waals surface area (Å²) in [7, 11) is 10.9. The molecule has 4 rings (SSSR count). The van der Waals surface area contributed by atoms with Crippen LogP contribution in [0.25, 0.3) is 0 Å². The largest absolute Gasteiger partial charge is 0.341 e. The van der Waals surface area contributed by atoms with Crippen LogP contribution in [0.4, 0.5) is 0 Å². The highest BCUT2D eigenvalue weighted by Crippen LogP contribution is 2.62. The average Bonchev–Trinajstić information content (AvgIpc) is 2.89. The maximum Gasteiger partial charge on any atom is 0.169 e. The van der Waals surface area contributed by atoms with Gasteiger partial charge in [-0.2, -0.15) is 0 Å². The predicted molar refractivity (Wildman–Crippen MR) is 84.2 cm³/mol. The Bertz CT molecular complexity index is 483. The molecular formula is C20H26O3. The molecule has 0 amide bonds. The molecule has 4 aliphatic rings. The minimum atomic E-state index is -0.802. The molecule has 3 heteroatoms. The molecule has 0 spiro atoms. The summed E-state index contributed by atoms with van der Waals surface area (Å²) in [6, 6.07) is 0. The molecule has 0 aliphatic heterocycles. The topological polar surface area (TPSA) is 35.5 Å². The first-order valence-electron chi connectivity index (χ1n) is 9.11. The Labute approximate surface area is 140 Å². The summed E-state index contributed by atoms with van der Waals surface area (Å²) in [4.78, 5) is 12.3. The van der Waals surface area contributed by atoms with Gasteiger partial charge in [0.15, 0.2) is 5.79 Å². The van der Waals surface area contributed by atoms with Crippen molar-refractivity contribution in [1.29, 1.82) is 0 Å². The SMILES string of the molecule is [CH]OC1(O[CH])CC[C@H]2[C@H](CC[C@@H]3[C@@H]2CC[C@]2([CH])C(=O)CC[C@@H]32)C1. The average molecular weight is 314 g/mol. The smallest absolute Gasteiger partial charge is 0.169 e. The molecule has 3 nitrogen and oxygen atoms in total.